The molecule has 0 unspecified atom stereocenters. The van der Waals surface area contributed by atoms with E-state index >= 15 is 0 Å². The Kier molecular flexibility index (Phi) is 2.05. The van der Waals surface area contributed by atoms with Crippen LogP contribution in [-0.4, -0.2) is 10.5 Å². The fourth-order valence-corrected chi connectivity index (χ4v) is 0.187. The molecule has 0 heterocycles. The molecule has 0 amide bonds. The molecule has 44 valence electrons. The Morgan fingerprint density at radius 1 is 1.75 bits per heavy atom. The minimum Gasteiger partial charge on any atom is -0.281 e. The first-order valence-electron chi connectivity index (χ1n) is 2.15. The number of rotatable bonds is 1. The number of Topliss-reactive ketones (excluding diaryl/α,β-unsaturated/α-hetero) is 1. The van der Waals surface area contributed by atoms with Gasteiger partial charge in [-0.05, 0) is 13.8 Å². The SMILES string of the molecule is CC(C)(S)C(=O)C#N. The number of thiol groups is 1. The molecule has 0 aromatic carbocycles. The van der Waals surface area contributed by atoms with Crippen molar-refractivity contribution in [2.75, 3.05) is 0 Å². The van der Waals surface area contributed by atoms with Crippen LogP contribution in [0.4, 0.5) is 0 Å². The Bertz CT molecular complexity index is 139. The van der Waals surface area contributed by atoms with Gasteiger partial charge < -0.3 is 0 Å². The molecule has 0 aliphatic carbocycles. The van der Waals surface area contributed by atoms with Gasteiger partial charge in [0.15, 0.2) is 0 Å². The van der Waals surface area contributed by atoms with E-state index in [2.05, 4.69) is 12.6 Å². The summed E-state index contributed by atoms with van der Waals surface area (Å²) in [6.45, 7) is 3.17. The summed E-state index contributed by atoms with van der Waals surface area (Å²) in [6, 6.07) is 1.49. The minimum absolute atomic E-state index is 0.499. The van der Waals surface area contributed by atoms with E-state index in [1.807, 2.05) is 0 Å². The summed E-state index contributed by atoms with van der Waals surface area (Å²) < 4.78 is -0.797. The van der Waals surface area contributed by atoms with Gasteiger partial charge in [0.25, 0.3) is 0 Å². The standard InChI is InChI=1S/C5H7NOS/c1-5(2,8)4(7)3-6/h8H,1-2H3. The van der Waals surface area contributed by atoms with Gasteiger partial charge in [0, 0.05) is 0 Å². The summed E-state index contributed by atoms with van der Waals surface area (Å²) in [6.07, 6.45) is 0. The molecule has 0 bridgehead atoms. The van der Waals surface area contributed by atoms with Crippen LogP contribution in [0.3, 0.4) is 0 Å². The molecule has 2 nitrogen and oxygen atoms in total. The summed E-state index contributed by atoms with van der Waals surface area (Å²) in [4.78, 5) is 10.4. The van der Waals surface area contributed by atoms with Crippen LogP contribution in [0.25, 0.3) is 0 Å². The van der Waals surface area contributed by atoms with Crippen LogP contribution < -0.4 is 0 Å². The maximum Gasteiger partial charge on any atom is 0.247 e. The Labute approximate surface area is 53.9 Å². The Morgan fingerprint density at radius 2 is 2.12 bits per heavy atom. The van der Waals surface area contributed by atoms with Crippen LogP contribution in [0.15, 0.2) is 0 Å². The molecular weight excluding hydrogens is 122 g/mol. The zero-order valence-corrected chi connectivity index (χ0v) is 5.70. The monoisotopic (exact) mass is 129 g/mol. The third-order valence-electron chi connectivity index (χ3n) is 0.657. The van der Waals surface area contributed by atoms with E-state index in [4.69, 9.17) is 5.26 Å². The van der Waals surface area contributed by atoms with Crippen molar-refractivity contribution in [2.45, 2.75) is 18.6 Å². The van der Waals surface area contributed by atoms with Crippen molar-refractivity contribution in [1.82, 2.24) is 0 Å². The molecule has 0 aliphatic rings. The molecule has 0 radical (unpaired) electrons. The first-order valence-corrected chi connectivity index (χ1v) is 2.60. The maximum absolute atomic E-state index is 10.4. The van der Waals surface area contributed by atoms with Crippen LogP contribution in [0, 0.1) is 11.3 Å². The van der Waals surface area contributed by atoms with Crippen molar-refractivity contribution < 1.29 is 4.79 Å². The minimum atomic E-state index is -0.797. The summed E-state index contributed by atoms with van der Waals surface area (Å²) in [5, 5.41) is 8.02. The summed E-state index contributed by atoms with van der Waals surface area (Å²) in [5.41, 5.74) is 0. The molecule has 0 rings (SSSR count). The highest BCUT2D eigenvalue weighted by Gasteiger charge is 2.21. The van der Waals surface area contributed by atoms with Gasteiger partial charge in [-0.15, -0.1) is 0 Å². The van der Waals surface area contributed by atoms with Gasteiger partial charge in [-0.3, -0.25) is 4.79 Å². The zero-order valence-electron chi connectivity index (χ0n) is 4.80. The van der Waals surface area contributed by atoms with Gasteiger partial charge in [-0.2, -0.15) is 17.9 Å². The van der Waals surface area contributed by atoms with Crippen LogP contribution in [0.2, 0.25) is 0 Å². The van der Waals surface area contributed by atoms with Crippen molar-refractivity contribution >= 4 is 18.4 Å². The molecule has 0 N–H and O–H groups in total. The molecule has 8 heavy (non-hydrogen) atoms. The van der Waals surface area contributed by atoms with Crippen LogP contribution in [0.5, 0.6) is 0 Å². The highest BCUT2D eigenvalue weighted by atomic mass is 32.1. The van der Waals surface area contributed by atoms with E-state index in [-0.39, 0.29) is 0 Å². The second-order valence-electron chi connectivity index (χ2n) is 2.00. The predicted octanol–water partition coefficient (Wildman–Crippen LogP) is 0.787. The first-order chi connectivity index (χ1) is 3.48. The van der Waals surface area contributed by atoms with Crippen LogP contribution in [-0.2, 0) is 4.79 Å². The number of hydrogen-bond acceptors (Lipinski definition) is 3. The van der Waals surface area contributed by atoms with Gasteiger partial charge in [-0.25, -0.2) is 0 Å². The van der Waals surface area contributed by atoms with Crippen molar-refractivity contribution in [3.8, 4) is 6.07 Å². The quantitative estimate of drug-likeness (QED) is 0.420. The Morgan fingerprint density at radius 3 is 2.12 bits per heavy atom. The first kappa shape index (κ1) is 7.51. The van der Waals surface area contributed by atoms with Gasteiger partial charge in [0.05, 0.1) is 4.75 Å². The molecule has 0 aliphatic heterocycles. The van der Waals surface area contributed by atoms with Crippen LogP contribution in [0.1, 0.15) is 13.8 Å². The molecule has 0 saturated carbocycles. The molecule has 0 fully saturated rings. The highest BCUT2D eigenvalue weighted by Crippen LogP contribution is 2.11. The third kappa shape index (κ3) is 1.99. The topological polar surface area (TPSA) is 40.9 Å². The van der Waals surface area contributed by atoms with Gasteiger partial charge >= 0.3 is 0 Å². The molecule has 0 aromatic rings. The fourth-order valence-electron chi connectivity index (χ4n) is 0.137. The second kappa shape index (κ2) is 2.19. The van der Waals surface area contributed by atoms with E-state index in [0.717, 1.165) is 0 Å². The number of ketones is 1. The lowest BCUT2D eigenvalue weighted by Gasteiger charge is -2.07. The van der Waals surface area contributed by atoms with Crippen LogP contribution >= 0.6 is 12.6 Å². The lowest BCUT2D eigenvalue weighted by Crippen LogP contribution is -2.22. The third-order valence-corrected chi connectivity index (χ3v) is 0.860. The van der Waals surface area contributed by atoms with E-state index in [0.29, 0.717) is 0 Å². The van der Waals surface area contributed by atoms with Crippen molar-refractivity contribution in [3.63, 3.8) is 0 Å². The molecule has 3 heteroatoms. The maximum atomic E-state index is 10.4. The fraction of sp³-hybridized carbons (Fsp3) is 0.600. The molecule has 0 saturated heterocycles. The van der Waals surface area contributed by atoms with Gasteiger partial charge in [0.1, 0.15) is 6.07 Å². The normalized spacial score (nSPS) is 10.2. The summed E-state index contributed by atoms with van der Waals surface area (Å²) >= 11 is 3.86. The molecule has 0 atom stereocenters. The summed E-state index contributed by atoms with van der Waals surface area (Å²) in [5.74, 6) is -0.499. The number of carbonyl (C=O) groups is 1. The predicted molar refractivity (Wildman–Crippen MR) is 33.7 cm³/mol. The number of nitriles is 1. The van der Waals surface area contributed by atoms with Gasteiger partial charge in [0.2, 0.25) is 5.78 Å². The van der Waals surface area contributed by atoms with Crippen molar-refractivity contribution in [2.24, 2.45) is 0 Å². The van der Waals surface area contributed by atoms with Gasteiger partial charge in [-0.1, -0.05) is 0 Å². The molecular formula is C5H7NOS. The second-order valence-corrected chi connectivity index (χ2v) is 3.12. The Hall–Kier alpha value is -0.490. The number of nitrogens with zero attached hydrogens (tertiary/aromatic N) is 1. The van der Waals surface area contributed by atoms with Crippen molar-refractivity contribution in [1.29, 1.82) is 5.26 Å². The average molecular weight is 129 g/mol. The Balaban J connectivity index is 4.09. The molecule has 0 spiro atoms. The van der Waals surface area contributed by atoms with E-state index in [1.54, 1.807) is 13.8 Å². The highest BCUT2D eigenvalue weighted by molar-refractivity contribution is 7.82. The molecule has 0 aromatic heterocycles. The largest absolute Gasteiger partial charge is 0.281 e. The van der Waals surface area contributed by atoms with E-state index in [1.165, 1.54) is 6.07 Å². The smallest absolute Gasteiger partial charge is 0.247 e. The number of hydrogen-bond donors (Lipinski definition) is 1. The van der Waals surface area contributed by atoms with E-state index < -0.39 is 10.5 Å². The number of carbonyl (C=O) groups excluding carboxylic acids is 1. The van der Waals surface area contributed by atoms with E-state index in [9.17, 15) is 4.79 Å². The summed E-state index contributed by atoms with van der Waals surface area (Å²) in [7, 11) is 0. The average Bonchev–Trinajstić information content (AvgIpc) is 1.62. The zero-order chi connectivity index (χ0) is 6.78. The lowest BCUT2D eigenvalue weighted by atomic mass is 10.1. The lowest BCUT2D eigenvalue weighted by molar-refractivity contribution is -0.115. The van der Waals surface area contributed by atoms with Crippen molar-refractivity contribution in [3.05, 3.63) is 0 Å².